The van der Waals surface area contributed by atoms with Crippen LogP contribution in [0.5, 0.6) is 0 Å². The molecule has 0 atom stereocenters. The van der Waals surface area contributed by atoms with E-state index in [1.54, 1.807) is 24.3 Å². The summed E-state index contributed by atoms with van der Waals surface area (Å²) in [6, 6.07) is 6.81. The van der Waals surface area contributed by atoms with Crippen molar-refractivity contribution in [2.24, 2.45) is 0 Å². The number of aliphatic carboxylic acids is 1. The van der Waals surface area contributed by atoms with E-state index in [1.807, 2.05) is 0 Å². The summed E-state index contributed by atoms with van der Waals surface area (Å²) in [5.74, 6) is -0.909. The number of rotatable bonds is 5. The fourth-order valence-corrected chi connectivity index (χ4v) is 1.67. The molecule has 16 heavy (non-hydrogen) atoms. The van der Waals surface area contributed by atoms with Crippen molar-refractivity contribution in [2.75, 3.05) is 6.26 Å². The lowest BCUT2D eigenvalue weighted by molar-refractivity contribution is -0.136. The molecule has 0 saturated carbocycles. The number of carboxylic acid groups (broad SMARTS) is 1. The zero-order valence-electron chi connectivity index (χ0n) is 8.80. The van der Waals surface area contributed by atoms with Crippen LogP contribution >= 0.6 is 0 Å². The van der Waals surface area contributed by atoms with Crippen molar-refractivity contribution < 1.29 is 18.3 Å². The Bertz CT molecular complexity index is 481. The molecule has 1 aromatic carbocycles. The van der Waals surface area contributed by atoms with Gasteiger partial charge < -0.3 is 5.11 Å². The summed E-state index contributed by atoms with van der Waals surface area (Å²) >= 11 is 0. The summed E-state index contributed by atoms with van der Waals surface area (Å²) in [6.45, 7) is 0.173. The van der Waals surface area contributed by atoms with E-state index in [0.29, 0.717) is 5.56 Å². The summed E-state index contributed by atoms with van der Waals surface area (Å²) in [6.07, 6.45) is 1.01. The van der Waals surface area contributed by atoms with Crippen molar-refractivity contribution in [1.82, 2.24) is 4.72 Å². The van der Waals surface area contributed by atoms with Gasteiger partial charge in [0.2, 0.25) is 10.0 Å². The van der Waals surface area contributed by atoms with Gasteiger partial charge in [0, 0.05) is 6.54 Å². The highest BCUT2D eigenvalue weighted by molar-refractivity contribution is 7.88. The predicted octanol–water partition coefficient (Wildman–Crippen LogP) is 0.363. The lowest BCUT2D eigenvalue weighted by Gasteiger charge is -2.04. The maximum Gasteiger partial charge on any atom is 0.307 e. The van der Waals surface area contributed by atoms with Gasteiger partial charge in [-0.05, 0) is 11.1 Å². The summed E-state index contributed by atoms with van der Waals surface area (Å²) < 4.78 is 24.1. The molecular formula is C10H13NO4S. The fourth-order valence-electron chi connectivity index (χ4n) is 1.24. The van der Waals surface area contributed by atoms with E-state index in [4.69, 9.17) is 5.11 Å². The van der Waals surface area contributed by atoms with E-state index in [0.717, 1.165) is 11.8 Å². The van der Waals surface area contributed by atoms with Gasteiger partial charge >= 0.3 is 5.97 Å². The standard InChI is InChI=1S/C10H13NO4S/c1-16(14,15)11-7-9-4-2-3-8(5-9)6-10(12)13/h2-5,11H,6-7H2,1H3,(H,12,13). The number of carboxylic acids is 1. The third kappa shape index (κ3) is 4.90. The second-order valence-electron chi connectivity index (χ2n) is 3.48. The molecule has 1 rings (SSSR count). The molecule has 0 aliphatic carbocycles. The van der Waals surface area contributed by atoms with Gasteiger partial charge in [0.1, 0.15) is 0 Å². The van der Waals surface area contributed by atoms with Crippen LogP contribution in [0.25, 0.3) is 0 Å². The minimum atomic E-state index is -3.22. The van der Waals surface area contributed by atoms with E-state index < -0.39 is 16.0 Å². The molecule has 5 nitrogen and oxygen atoms in total. The largest absolute Gasteiger partial charge is 0.481 e. The van der Waals surface area contributed by atoms with Gasteiger partial charge in [0.05, 0.1) is 12.7 Å². The number of hydrogen-bond acceptors (Lipinski definition) is 3. The molecule has 0 fully saturated rings. The van der Waals surface area contributed by atoms with Crippen LogP contribution in [-0.4, -0.2) is 25.7 Å². The van der Waals surface area contributed by atoms with Crippen molar-refractivity contribution in [2.45, 2.75) is 13.0 Å². The first-order valence-electron chi connectivity index (χ1n) is 4.61. The Morgan fingerprint density at radius 1 is 1.38 bits per heavy atom. The first-order chi connectivity index (χ1) is 7.37. The van der Waals surface area contributed by atoms with E-state index >= 15 is 0 Å². The Morgan fingerprint density at radius 2 is 2.00 bits per heavy atom. The van der Waals surface area contributed by atoms with Gasteiger partial charge in [0.15, 0.2) is 0 Å². The third-order valence-corrected chi connectivity index (χ3v) is 2.55. The molecule has 0 aromatic heterocycles. The Balaban J connectivity index is 2.71. The lowest BCUT2D eigenvalue weighted by atomic mass is 10.1. The molecule has 2 N–H and O–H groups in total. The minimum Gasteiger partial charge on any atom is -0.481 e. The quantitative estimate of drug-likeness (QED) is 0.782. The number of hydrogen-bond donors (Lipinski definition) is 2. The van der Waals surface area contributed by atoms with E-state index in [1.165, 1.54) is 0 Å². The van der Waals surface area contributed by atoms with Gasteiger partial charge in [0.25, 0.3) is 0 Å². The van der Waals surface area contributed by atoms with Crippen molar-refractivity contribution in [3.05, 3.63) is 35.4 Å². The second-order valence-corrected chi connectivity index (χ2v) is 5.32. The molecule has 0 spiro atoms. The van der Waals surface area contributed by atoms with E-state index in [2.05, 4.69) is 4.72 Å². The van der Waals surface area contributed by atoms with Gasteiger partial charge in [-0.15, -0.1) is 0 Å². The normalized spacial score (nSPS) is 11.3. The molecule has 0 radical (unpaired) electrons. The fraction of sp³-hybridized carbons (Fsp3) is 0.300. The van der Waals surface area contributed by atoms with Gasteiger partial charge in [-0.1, -0.05) is 24.3 Å². The van der Waals surface area contributed by atoms with Crippen molar-refractivity contribution >= 4 is 16.0 Å². The van der Waals surface area contributed by atoms with Crippen LogP contribution in [0, 0.1) is 0 Å². The topological polar surface area (TPSA) is 83.5 Å². The highest BCUT2D eigenvalue weighted by Gasteiger charge is 2.03. The highest BCUT2D eigenvalue weighted by atomic mass is 32.2. The van der Waals surface area contributed by atoms with Gasteiger partial charge in [-0.2, -0.15) is 0 Å². The van der Waals surface area contributed by atoms with Crippen LogP contribution in [-0.2, 0) is 27.8 Å². The monoisotopic (exact) mass is 243 g/mol. The highest BCUT2D eigenvalue weighted by Crippen LogP contribution is 2.06. The minimum absolute atomic E-state index is 0.0628. The van der Waals surface area contributed by atoms with Gasteiger partial charge in [-0.3, -0.25) is 4.79 Å². The molecule has 88 valence electrons. The molecule has 6 heteroatoms. The Morgan fingerprint density at radius 3 is 2.56 bits per heavy atom. The average molecular weight is 243 g/mol. The SMILES string of the molecule is CS(=O)(=O)NCc1cccc(CC(=O)O)c1. The maximum atomic E-state index is 10.9. The Labute approximate surface area is 94.2 Å². The number of sulfonamides is 1. The molecule has 0 heterocycles. The third-order valence-electron chi connectivity index (χ3n) is 1.89. The molecule has 0 aliphatic heterocycles. The number of carbonyl (C=O) groups is 1. The molecule has 0 aliphatic rings. The zero-order chi connectivity index (χ0) is 12.2. The lowest BCUT2D eigenvalue weighted by Crippen LogP contribution is -2.21. The summed E-state index contributed by atoms with van der Waals surface area (Å²) in [5.41, 5.74) is 1.39. The van der Waals surface area contributed by atoms with Crippen LogP contribution in [0.3, 0.4) is 0 Å². The summed E-state index contributed by atoms with van der Waals surface area (Å²) in [5, 5.41) is 8.61. The van der Waals surface area contributed by atoms with E-state index in [9.17, 15) is 13.2 Å². The number of nitrogens with one attached hydrogen (secondary N) is 1. The predicted molar refractivity (Wildman–Crippen MR) is 59.5 cm³/mol. The first-order valence-corrected chi connectivity index (χ1v) is 6.50. The van der Waals surface area contributed by atoms with Crippen LogP contribution in [0.4, 0.5) is 0 Å². The Kier molecular flexibility index (Phi) is 4.03. The van der Waals surface area contributed by atoms with Gasteiger partial charge in [-0.25, -0.2) is 13.1 Å². The molecule has 0 amide bonds. The zero-order valence-corrected chi connectivity index (χ0v) is 9.62. The molecule has 0 bridgehead atoms. The van der Waals surface area contributed by atoms with Crippen LogP contribution in [0.1, 0.15) is 11.1 Å². The summed E-state index contributed by atoms with van der Waals surface area (Å²) in [7, 11) is -3.22. The van der Waals surface area contributed by atoms with Crippen LogP contribution < -0.4 is 4.72 Å². The molecule has 0 saturated heterocycles. The second kappa shape index (κ2) is 5.09. The van der Waals surface area contributed by atoms with Crippen molar-refractivity contribution in [3.8, 4) is 0 Å². The average Bonchev–Trinajstić information content (AvgIpc) is 2.13. The van der Waals surface area contributed by atoms with Crippen molar-refractivity contribution in [1.29, 1.82) is 0 Å². The number of benzene rings is 1. The van der Waals surface area contributed by atoms with Crippen molar-refractivity contribution in [3.63, 3.8) is 0 Å². The first kappa shape index (κ1) is 12.7. The molecule has 0 unspecified atom stereocenters. The maximum absolute atomic E-state index is 10.9. The van der Waals surface area contributed by atoms with Crippen LogP contribution in [0.15, 0.2) is 24.3 Å². The summed E-state index contributed by atoms with van der Waals surface area (Å²) in [4.78, 5) is 10.5. The van der Waals surface area contributed by atoms with Crippen LogP contribution in [0.2, 0.25) is 0 Å². The molecular weight excluding hydrogens is 230 g/mol. The smallest absolute Gasteiger partial charge is 0.307 e. The molecule has 1 aromatic rings. The van der Waals surface area contributed by atoms with E-state index in [-0.39, 0.29) is 13.0 Å². The Hall–Kier alpha value is -1.40.